The van der Waals surface area contributed by atoms with E-state index >= 15 is 0 Å². The van der Waals surface area contributed by atoms with Crippen LogP contribution in [-0.4, -0.2) is 98.2 Å². The Balaban J connectivity index is 0.981. The van der Waals surface area contributed by atoms with E-state index in [9.17, 15) is 44.1 Å². The first-order valence-electron chi connectivity index (χ1n) is 20.4. The molecule has 0 bridgehead atoms. The fraction of sp³-hybridized carbons (Fsp3) is 0.0625. The van der Waals surface area contributed by atoms with Crippen LogP contribution in [-0.2, 0) is 28.8 Å². The molecule has 0 atom stereocenters. The van der Waals surface area contributed by atoms with Gasteiger partial charge >= 0.3 is 17.9 Å². The molecule has 0 spiro atoms. The number of aliphatic carboxylic acids is 3. The first-order valence-corrected chi connectivity index (χ1v) is 26.5. The Hall–Kier alpha value is -6.08. The third-order valence-corrected chi connectivity index (χ3v) is 17.8. The average molecular weight is 1100 g/mol. The number of thiocarbonyl (C=S) groups is 3. The van der Waals surface area contributed by atoms with Crippen molar-refractivity contribution in [2.75, 3.05) is 24.5 Å². The van der Waals surface area contributed by atoms with Crippen molar-refractivity contribution in [2.45, 2.75) is 0 Å². The molecule has 350 valence electrons. The smallest absolute Gasteiger partial charge is 0.323 e. The molecule has 6 aromatic rings. The fourth-order valence-corrected chi connectivity index (χ4v) is 14.1. The lowest BCUT2D eigenvalue weighted by Crippen LogP contribution is -2.33. The number of thiophene rings is 3. The summed E-state index contributed by atoms with van der Waals surface area (Å²) >= 11 is 23.5. The van der Waals surface area contributed by atoms with Crippen molar-refractivity contribution < 1.29 is 44.1 Å². The summed E-state index contributed by atoms with van der Waals surface area (Å²) in [5.41, 5.74) is 5.48. The molecule has 0 radical (unpaired) electrons. The highest BCUT2D eigenvalue weighted by Gasteiger charge is 2.35. The predicted molar refractivity (Wildman–Crippen MR) is 294 cm³/mol. The van der Waals surface area contributed by atoms with Gasteiger partial charge in [-0.3, -0.25) is 43.5 Å². The van der Waals surface area contributed by atoms with Gasteiger partial charge in [0.2, 0.25) is 0 Å². The van der Waals surface area contributed by atoms with E-state index < -0.39 is 55.3 Å². The van der Waals surface area contributed by atoms with Crippen molar-refractivity contribution in [3.8, 4) is 31.3 Å². The second kappa shape index (κ2) is 20.7. The molecule has 3 aromatic heterocycles. The van der Waals surface area contributed by atoms with Gasteiger partial charge in [-0.05, 0) is 108 Å². The zero-order valence-corrected chi connectivity index (χ0v) is 42.8. The molecule has 3 amide bonds. The van der Waals surface area contributed by atoms with Crippen LogP contribution in [0.2, 0.25) is 0 Å². The van der Waals surface area contributed by atoms with Crippen molar-refractivity contribution in [1.82, 2.24) is 14.7 Å². The molecule has 3 saturated heterocycles. The number of nitrogens with zero attached hydrogens (tertiary/aromatic N) is 4. The summed E-state index contributed by atoms with van der Waals surface area (Å²) in [6.45, 7) is -1.47. The number of amides is 3. The zero-order valence-electron chi connectivity index (χ0n) is 35.5. The molecule has 0 aliphatic carbocycles. The molecule has 22 heteroatoms. The minimum Gasteiger partial charge on any atom is -0.480 e. The van der Waals surface area contributed by atoms with E-state index in [4.69, 9.17) is 36.7 Å². The van der Waals surface area contributed by atoms with E-state index in [0.717, 1.165) is 113 Å². The number of carboxylic acid groups (broad SMARTS) is 3. The van der Waals surface area contributed by atoms with E-state index in [1.54, 1.807) is 18.2 Å². The summed E-state index contributed by atoms with van der Waals surface area (Å²) in [5.74, 6) is -4.73. The summed E-state index contributed by atoms with van der Waals surface area (Å²) in [6, 6.07) is 36.0. The standard InChI is InChI=1S/C48H30N4O9S9/c53-40(54)22-49-43(59)37(68-46(49)62)19-31-13-16-34(65-31)25-1-7-28(8-2-25)52(29-9-3-26(4-10-29)35-17-14-32(66-35)20-38-44(60)50(23-41(55)56)47(63)69-38)30-11-5-27(6-12-30)36-18-15-33(67-36)21-39-45(61)51(24-42(57)58)48(64)70-39/h1-21H,22-24H2,(H,53,54)(H,55,56)(H,57,58). The molecule has 9 rings (SSSR count). The minimum atomic E-state index is -1.14. The van der Waals surface area contributed by atoms with Crippen LogP contribution in [0.15, 0.2) is 124 Å². The second-order valence-electron chi connectivity index (χ2n) is 15.1. The number of benzene rings is 3. The van der Waals surface area contributed by atoms with Crippen LogP contribution in [0.5, 0.6) is 0 Å². The SMILES string of the molecule is O=C(O)CN1C(=O)C(=Cc2ccc(-c3ccc(N(c4ccc(-c5ccc(C=C6SC(=S)N(CC(=O)O)C6=O)s5)cc4)c4ccc(-c5ccc(C=C6SC(=S)N(CC(=O)O)C6=O)s5)cc4)cc3)s2)SC1=S. The van der Waals surface area contributed by atoms with Crippen LogP contribution in [0.4, 0.5) is 17.1 Å². The first kappa shape index (κ1) is 48.9. The normalized spacial score (nSPS) is 16.8. The molecule has 13 nitrogen and oxygen atoms in total. The highest BCUT2D eigenvalue weighted by molar-refractivity contribution is 8.27. The largest absolute Gasteiger partial charge is 0.480 e. The number of hydrogen-bond donors (Lipinski definition) is 3. The van der Waals surface area contributed by atoms with E-state index in [1.807, 2.05) is 109 Å². The number of carboxylic acids is 3. The van der Waals surface area contributed by atoms with Gasteiger partial charge in [0.05, 0.1) is 14.7 Å². The van der Waals surface area contributed by atoms with Gasteiger partial charge in [-0.15, -0.1) is 34.0 Å². The topological polar surface area (TPSA) is 176 Å². The van der Waals surface area contributed by atoms with Crippen LogP contribution in [0.3, 0.4) is 0 Å². The lowest BCUT2D eigenvalue weighted by Gasteiger charge is -2.26. The van der Waals surface area contributed by atoms with E-state index in [0.29, 0.717) is 14.7 Å². The molecular formula is C48H30N4O9S9. The Labute approximate surface area is 439 Å². The van der Waals surface area contributed by atoms with E-state index in [1.165, 1.54) is 34.0 Å². The van der Waals surface area contributed by atoms with Crippen LogP contribution in [0.25, 0.3) is 49.5 Å². The second-order valence-corrected chi connectivity index (χ2v) is 23.4. The van der Waals surface area contributed by atoms with Crippen LogP contribution in [0, 0.1) is 0 Å². The number of hydrogen-bond acceptors (Lipinski definition) is 16. The number of thioether (sulfide) groups is 3. The van der Waals surface area contributed by atoms with Crippen molar-refractivity contribution >= 4 is 190 Å². The Morgan fingerprint density at radius 3 is 0.929 bits per heavy atom. The summed E-state index contributed by atoms with van der Waals surface area (Å²) in [4.78, 5) is 84.3. The monoisotopic (exact) mass is 1090 g/mol. The molecule has 70 heavy (non-hydrogen) atoms. The predicted octanol–water partition coefficient (Wildman–Crippen LogP) is 11.2. The maximum atomic E-state index is 12.9. The zero-order chi connectivity index (χ0) is 49.4. The Bertz CT molecular complexity index is 2950. The van der Waals surface area contributed by atoms with Gasteiger partial charge in [0.25, 0.3) is 17.7 Å². The Kier molecular flexibility index (Phi) is 14.5. The summed E-state index contributed by atoms with van der Waals surface area (Å²) in [7, 11) is 0. The molecule has 6 heterocycles. The van der Waals surface area contributed by atoms with Crippen LogP contribution < -0.4 is 4.90 Å². The van der Waals surface area contributed by atoms with E-state index in [2.05, 4.69) is 4.90 Å². The molecule has 3 fully saturated rings. The molecule has 0 unspecified atom stereocenters. The molecule has 3 aromatic carbocycles. The number of carbonyl (C=O) groups is 6. The van der Waals surface area contributed by atoms with Gasteiger partial charge in [-0.25, -0.2) is 0 Å². The number of anilines is 3. The summed E-state index contributed by atoms with van der Waals surface area (Å²) in [6.07, 6.45) is 5.19. The average Bonchev–Trinajstić information content (AvgIpc) is 4.21. The quantitative estimate of drug-likeness (QED) is 0.0653. The molecule has 3 aliphatic rings. The van der Waals surface area contributed by atoms with Crippen molar-refractivity contribution in [2.24, 2.45) is 0 Å². The fourth-order valence-electron chi connectivity index (χ4n) is 7.23. The van der Waals surface area contributed by atoms with Crippen LogP contribution in [0.1, 0.15) is 14.6 Å². The number of carbonyl (C=O) groups excluding carboxylic acids is 3. The van der Waals surface area contributed by atoms with Gasteiger partial charge in [0, 0.05) is 46.3 Å². The summed E-state index contributed by atoms with van der Waals surface area (Å²) in [5, 5.41) is 27.6. The van der Waals surface area contributed by atoms with E-state index in [-0.39, 0.29) is 13.0 Å². The van der Waals surface area contributed by atoms with Gasteiger partial charge < -0.3 is 20.2 Å². The minimum absolute atomic E-state index is 0.205. The lowest BCUT2D eigenvalue weighted by molar-refractivity contribution is -0.140. The maximum Gasteiger partial charge on any atom is 0.323 e. The highest BCUT2D eigenvalue weighted by atomic mass is 32.2. The highest BCUT2D eigenvalue weighted by Crippen LogP contribution is 2.42. The Morgan fingerprint density at radius 1 is 0.429 bits per heavy atom. The van der Waals surface area contributed by atoms with Crippen molar-refractivity contribution in [1.29, 1.82) is 0 Å². The maximum absolute atomic E-state index is 12.9. The lowest BCUT2D eigenvalue weighted by atomic mass is 10.1. The van der Waals surface area contributed by atoms with Gasteiger partial charge in [-0.1, -0.05) is 108 Å². The molecule has 0 saturated carbocycles. The molecular weight excluding hydrogens is 1070 g/mol. The Morgan fingerprint density at radius 2 is 0.686 bits per heavy atom. The van der Waals surface area contributed by atoms with Gasteiger partial charge in [-0.2, -0.15) is 0 Å². The molecule has 3 N–H and O–H groups in total. The van der Waals surface area contributed by atoms with Crippen molar-refractivity contribution in [3.63, 3.8) is 0 Å². The van der Waals surface area contributed by atoms with Crippen molar-refractivity contribution in [3.05, 3.63) is 139 Å². The third kappa shape index (κ3) is 10.6. The third-order valence-electron chi connectivity index (χ3n) is 10.4. The van der Waals surface area contributed by atoms with Gasteiger partial charge in [0.15, 0.2) is 0 Å². The number of rotatable bonds is 15. The van der Waals surface area contributed by atoms with Crippen LogP contribution >= 0.6 is 106 Å². The molecule has 3 aliphatic heterocycles. The summed E-state index contributed by atoms with van der Waals surface area (Å²) < 4.78 is 0.615. The first-order chi connectivity index (χ1) is 33.6. The van der Waals surface area contributed by atoms with Gasteiger partial charge in [0.1, 0.15) is 32.6 Å².